The second-order valence-corrected chi connectivity index (χ2v) is 3.87. The molecule has 0 aromatic heterocycles. The van der Waals surface area contributed by atoms with E-state index in [1.54, 1.807) is 0 Å². The molecule has 1 amide bonds. The lowest BCUT2D eigenvalue weighted by Gasteiger charge is -2.11. The van der Waals surface area contributed by atoms with Gasteiger partial charge in [-0.25, -0.2) is 9.18 Å². The first-order chi connectivity index (χ1) is 7.09. The number of nitrogens with one attached hydrogen (secondary N) is 1. The number of halogens is 4. The zero-order chi connectivity index (χ0) is 11.0. The lowest BCUT2D eigenvalue weighted by molar-refractivity contribution is 0.177. The minimum absolute atomic E-state index is 0. The van der Waals surface area contributed by atoms with E-state index in [1.165, 1.54) is 12.1 Å². The third-order valence-corrected chi connectivity index (χ3v) is 2.72. The lowest BCUT2D eigenvalue weighted by Crippen LogP contribution is -2.19. The van der Waals surface area contributed by atoms with Crippen molar-refractivity contribution in [3.8, 4) is 0 Å². The van der Waals surface area contributed by atoms with Crippen molar-refractivity contribution in [2.24, 2.45) is 0 Å². The second-order valence-electron chi connectivity index (χ2n) is 3.05. The lowest BCUT2D eigenvalue weighted by atomic mass is 10.1. The number of cyclic esters (lactones) is 1. The van der Waals surface area contributed by atoms with Gasteiger partial charge in [-0.1, -0.05) is 23.2 Å². The Morgan fingerprint density at radius 1 is 1.38 bits per heavy atom. The third-order valence-electron chi connectivity index (χ3n) is 2.10. The number of carbonyl (C=O) groups excluding carboxylic acids is 1. The first-order valence-corrected chi connectivity index (χ1v) is 4.92. The van der Waals surface area contributed by atoms with E-state index in [0.29, 0.717) is 0 Å². The van der Waals surface area contributed by atoms with Crippen LogP contribution >= 0.6 is 35.6 Å². The second kappa shape index (κ2) is 5.08. The highest BCUT2D eigenvalue weighted by atomic mass is 35.5. The summed E-state index contributed by atoms with van der Waals surface area (Å²) in [6.07, 6.45) is -0.588. The highest BCUT2D eigenvalue weighted by molar-refractivity contribution is 6.33. The first kappa shape index (κ1) is 13.4. The number of rotatable bonds is 1. The van der Waals surface area contributed by atoms with Gasteiger partial charge >= 0.3 is 6.09 Å². The van der Waals surface area contributed by atoms with Gasteiger partial charge in [0.2, 0.25) is 0 Å². The van der Waals surface area contributed by atoms with Crippen LogP contribution in [-0.2, 0) is 4.74 Å². The zero-order valence-corrected chi connectivity index (χ0v) is 10.1. The van der Waals surface area contributed by atoms with Crippen molar-refractivity contribution < 1.29 is 13.9 Å². The molecule has 0 saturated carbocycles. The van der Waals surface area contributed by atoms with Crippen molar-refractivity contribution in [2.75, 3.05) is 6.61 Å². The summed E-state index contributed by atoms with van der Waals surface area (Å²) in [6, 6.07) is 2.26. The average Bonchev–Trinajstić information content (AvgIpc) is 2.59. The van der Waals surface area contributed by atoms with Gasteiger partial charge in [-0.15, -0.1) is 12.4 Å². The van der Waals surface area contributed by atoms with Crippen molar-refractivity contribution in [2.45, 2.75) is 6.04 Å². The fourth-order valence-electron chi connectivity index (χ4n) is 1.40. The van der Waals surface area contributed by atoms with Gasteiger partial charge in [-0.3, -0.25) is 0 Å². The normalized spacial score (nSPS) is 18.7. The van der Waals surface area contributed by atoms with E-state index >= 15 is 0 Å². The number of ether oxygens (including phenoxy) is 1. The van der Waals surface area contributed by atoms with Crippen molar-refractivity contribution >= 4 is 41.7 Å². The molecule has 1 aromatic carbocycles. The van der Waals surface area contributed by atoms with Gasteiger partial charge in [0.05, 0.1) is 11.1 Å². The molecule has 0 radical (unpaired) electrons. The molecule has 0 bridgehead atoms. The summed E-state index contributed by atoms with van der Waals surface area (Å²) in [6.45, 7) is 0.0514. The molecule has 1 fully saturated rings. The molecule has 1 heterocycles. The maximum Gasteiger partial charge on any atom is 0.407 e. The SMILES string of the molecule is Cl.O=C1N[C@@H](c2c(Cl)ccc(Cl)c2F)CO1. The van der Waals surface area contributed by atoms with Crippen LogP contribution in [0.2, 0.25) is 10.0 Å². The quantitative estimate of drug-likeness (QED) is 0.804. The molecule has 1 aromatic rings. The zero-order valence-electron chi connectivity index (χ0n) is 7.80. The summed E-state index contributed by atoms with van der Waals surface area (Å²) < 4.78 is 18.3. The molecule has 16 heavy (non-hydrogen) atoms. The van der Waals surface area contributed by atoms with Gasteiger partial charge in [0, 0.05) is 10.6 Å². The molecule has 88 valence electrons. The molecule has 1 aliphatic heterocycles. The molecule has 1 atom stereocenters. The van der Waals surface area contributed by atoms with E-state index in [2.05, 4.69) is 10.1 Å². The van der Waals surface area contributed by atoms with Gasteiger partial charge < -0.3 is 10.1 Å². The number of hydrogen-bond acceptors (Lipinski definition) is 2. The average molecular weight is 287 g/mol. The summed E-state index contributed by atoms with van der Waals surface area (Å²) in [4.78, 5) is 10.8. The van der Waals surface area contributed by atoms with Crippen LogP contribution in [0, 0.1) is 5.82 Å². The monoisotopic (exact) mass is 285 g/mol. The van der Waals surface area contributed by atoms with Crippen LogP contribution in [0.3, 0.4) is 0 Å². The minimum atomic E-state index is -0.625. The Hall–Kier alpha value is -0.710. The van der Waals surface area contributed by atoms with Crippen LogP contribution < -0.4 is 5.32 Å². The van der Waals surface area contributed by atoms with Crippen molar-refractivity contribution in [3.05, 3.63) is 33.6 Å². The Balaban J connectivity index is 0.00000128. The molecule has 7 heteroatoms. The van der Waals surface area contributed by atoms with Crippen LogP contribution in [0.15, 0.2) is 12.1 Å². The van der Waals surface area contributed by atoms with Gasteiger partial charge in [-0.05, 0) is 12.1 Å². The molecule has 2 rings (SSSR count). The molecule has 0 spiro atoms. The third kappa shape index (κ3) is 2.34. The minimum Gasteiger partial charge on any atom is -0.447 e. The van der Waals surface area contributed by atoms with E-state index in [0.717, 1.165) is 0 Å². The van der Waals surface area contributed by atoms with Crippen molar-refractivity contribution in [1.29, 1.82) is 0 Å². The van der Waals surface area contributed by atoms with Gasteiger partial charge in [0.15, 0.2) is 0 Å². The Labute approximate surface area is 107 Å². The maximum absolute atomic E-state index is 13.6. The molecule has 1 N–H and O–H groups in total. The number of alkyl carbamates (subject to hydrolysis) is 1. The van der Waals surface area contributed by atoms with Gasteiger partial charge in [-0.2, -0.15) is 0 Å². The molecule has 3 nitrogen and oxygen atoms in total. The van der Waals surface area contributed by atoms with Crippen LogP contribution in [-0.4, -0.2) is 12.7 Å². The fraction of sp³-hybridized carbons (Fsp3) is 0.222. The van der Waals surface area contributed by atoms with E-state index in [1.807, 2.05) is 0 Å². The Morgan fingerprint density at radius 2 is 2.00 bits per heavy atom. The summed E-state index contributed by atoms with van der Waals surface area (Å²) in [5, 5.41) is 2.62. The number of hydrogen-bond donors (Lipinski definition) is 1. The van der Waals surface area contributed by atoms with E-state index < -0.39 is 18.0 Å². The number of benzene rings is 1. The first-order valence-electron chi connectivity index (χ1n) is 4.16. The molecular weight excluding hydrogens is 279 g/mol. The van der Waals surface area contributed by atoms with Gasteiger partial charge in [0.25, 0.3) is 0 Å². The van der Waals surface area contributed by atoms with Crippen LogP contribution in [0.25, 0.3) is 0 Å². The molecule has 1 saturated heterocycles. The van der Waals surface area contributed by atoms with E-state index in [4.69, 9.17) is 23.2 Å². The predicted octanol–water partition coefficient (Wildman–Crippen LogP) is 3.34. The largest absolute Gasteiger partial charge is 0.447 e. The summed E-state index contributed by atoms with van der Waals surface area (Å²) in [5.41, 5.74) is 0.162. The summed E-state index contributed by atoms with van der Waals surface area (Å²) in [5.74, 6) is -0.625. The van der Waals surface area contributed by atoms with Gasteiger partial charge in [0.1, 0.15) is 12.4 Å². The standard InChI is InChI=1S/C9H6Cl2FNO2.ClH/c10-4-1-2-5(11)8(12)7(4)6-3-15-9(14)13-6;/h1-2,6H,3H2,(H,13,14);1H/t6-;/m1./s1. The highest BCUT2D eigenvalue weighted by Crippen LogP contribution is 2.32. The molecule has 0 unspecified atom stereocenters. The molecular formula is C9H7Cl3FNO2. The predicted molar refractivity (Wildman–Crippen MR) is 60.9 cm³/mol. The summed E-state index contributed by atoms with van der Waals surface area (Å²) >= 11 is 11.4. The fourth-order valence-corrected chi connectivity index (χ4v) is 1.84. The number of amides is 1. The van der Waals surface area contributed by atoms with E-state index in [9.17, 15) is 9.18 Å². The highest BCUT2D eigenvalue weighted by Gasteiger charge is 2.29. The molecule has 1 aliphatic rings. The Bertz CT molecular complexity index is 427. The van der Waals surface area contributed by atoms with Crippen LogP contribution in [0.5, 0.6) is 0 Å². The van der Waals surface area contributed by atoms with Crippen molar-refractivity contribution in [3.63, 3.8) is 0 Å². The van der Waals surface area contributed by atoms with Crippen LogP contribution in [0.1, 0.15) is 11.6 Å². The number of carbonyl (C=O) groups is 1. The van der Waals surface area contributed by atoms with Crippen LogP contribution in [0.4, 0.5) is 9.18 Å². The van der Waals surface area contributed by atoms with Crippen molar-refractivity contribution in [1.82, 2.24) is 5.32 Å². The molecule has 0 aliphatic carbocycles. The summed E-state index contributed by atoms with van der Waals surface area (Å²) in [7, 11) is 0. The smallest absolute Gasteiger partial charge is 0.407 e. The Morgan fingerprint density at radius 3 is 2.56 bits per heavy atom. The Kier molecular flexibility index (Phi) is 4.24. The van der Waals surface area contributed by atoms with E-state index in [-0.39, 0.29) is 34.6 Å². The topological polar surface area (TPSA) is 38.3 Å². The maximum atomic E-state index is 13.6.